The molecule has 0 spiro atoms. The molecule has 0 radical (unpaired) electrons. The summed E-state index contributed by atoms with van der Waals surface area (Å²) in [6.45, 7) is 3.47. The standard InChI is InChI=1S/C19H31N3O4S.HI/c1-20-19(21-11-16-27(23,24)18-7-4-3-5-8-18)22-12-9-17(10-13-22)26-15-6-14-25-2;/h3-5,7-8,17H,6,9-16H2,1-2H3,(H,20,21);1H. The number of sulfone groups is 1. The van der Waals surface area contributed by atoms with Crippen molar-refractivity contribution in [2.75, 3.05) is 52.8 Å². The van der Waals surface area contributed by atoms with Crippen LogP contribution in [-0.4, -0.2) is 78.1 Å². The number of halogens is 1. The fourth-order valence-corrected chi connectivity index (χ4v) is 4.24. The molecule has 0 aliphatic carbocycles. The van der Waals surface area contributed by atoms with Crippen molar-refractivity contribution in [1.29, 1.82) is 0 Å². The molecule has 1 aromatic carbocycles. The van der Waals surface area contributed by atoms with Crippen molar-refractivity contribution < 1.29 is 17.9 Å². The normalized spacial score (nSPS) is 15.9. The Bertz CT molecular complexity index is 678. The Hall–Kier alpha value is -0.910. The summed E-state index contributed by atoms with van der Waals surface area (Å²) in [5, 5.41) is 3.18. The number of hydrogen-bond donors (Lipinski definition) is 1. The maximum atomic E-state index is 12.3. The van der Waals surface area contributed by atoms with Crippen LogP contribution in [0.2, 0.25) is 0 Å². The first kappa shape index (κ1) is 25.1. The fourth-order valence-electron chi connectivity index (χ4n) is 3.06. The molecule has 1 saturated heterocycles. The lowest BCUT2D eigenvalue weighted by Gasteiger charge is -2.34. The summed E-state index contributed by atoms with van der Waals surface area (Å²) < 4.78 is 35.6. The van der Waals surface area contributed by atoms with Crippen molar-refractivity contribution in [3.8, 4) is 0 Å². The highest BCUT2D eigenvalue weighted by Crippen LogP contribution is 2.14. The topological polar surface area (TPSA) is 80.2 Å². The predicted octanol–water partition coefficient (Wildman–Crippen LogP) is 2.17. The summed E-state index contributed by atoms with van der Waals surface area (Å²) in [6.07, 6.45) is 3.07. The van der Waals surface area contributed by atoms with Gasteiger partial charge in [-0.2, -0.15) is 0 Å². The number of rotatable bonds is 9. The van der Waals surface area contributed by atoms with E-state index >= 15 is 0 Å². The number of hydrogen-bond acceptors (Lipinski definition) is 5. The smallest absolute Gasteiger partial charge is 0.193 e. The van der Waals surface area contributed by atoms with Gasteiger partial charge < -0.3 is 19.7 Å². The van der Waals surface area contributed by atoms with Gasteiger partial charge in [0.25, 0.3) is 0 Å². The van der Waals surface area contributed by atoms with Gasteiger partial charge in [-0.15, -0.1) is 24.0 Å². The summed E-state index contributed by atoms with van der Waals surface area (Å²) >= 11 is 0. The molecule has 1 aliphatic heterocycles. The van der Waals surface area contributed by atoms with Crippen molar-refractivity contribution in [2.45, 2.75) is 30.3 Å². The lowest BCUT2D eigenvalue weighted by Crippen LogP contribution is -2.47. The zero-order valence-electron chi connectivity index (χ0n) is 16.7. The van der Waals surface area contributed by atoms with E-state index in [9.17, 15) is 8.42 Å². The number of nitrogens with one attached hydrogen (secondary N) is 1. The number of piperidine rings is 1. The first-order valence-corrected chi connectivity index (χ1v) is 11.1. The molecule has 1 aliphatic rings. The molecule has 0 saturated carbocycles. The number of methoxy groups -OCH3 is 1. The van der Waals surface area contributed by atoms with Crippen LogP contribution in [0.4, 0.5) is 0 Å². The molecule has 9 heteroatoms. The highest BCUT2D eigenvalue weighted by molar-refractivity contribution is 14.0. The van der Waals surface area contributed by atoms with Gasteiger partial charge in [0.1, 0.15) is 0 Å². The molecule has 1 heterocycles. The zero-order valence-corrected chi connectivity index (χ0v) is 19.8. The third-order valence-corrected chi connectivity index (χ3v) is 6.29. The summed E-state index contributed by atoms with van der Waals surface area (Å²) in [4.78, 5) is 6.81. The van der Waals surface area contributed by atoms with Crippen LogP contribution in [0.1, 0.15) is 19.3 Å². The first-order valence-electron chi connectivity index (χ1n) is 9.41. The largest absolute Gasteiger partial charge is 0.385 e. The van der Waals surface area contributed by atoms with Crippen LogP contribution < -0.4 is 5.32 Å². The van der Waals surface area contributed by atoms with Gasteiger partial charge in [-0.25, -0.2) is 8.42 Å². The van der Waals surface area contributed by atoms with Gasteiger partial charge in [0.05, 0.1) is 16.8 Å². The maximum Gasteiger partial charge on any atom is 0.193 e. The third-order valence-electron chi connectivity index (χ3n) is 4.56. The second kappa shape index (κ2) is 13.3. The monoisotopic (exact) mass is 525 g/mol. The minimum absolute atomic E-state index is 0. The van der Waals surface area contributed by atoms with E-state index in [0.717, 1.165) is 51.5 Å². The highest BCUT2D eigenvalue weighted by atomic mass is 127. The SMILES string of the molecule is CN=C(NCCS(=O)(=O)c1ccccc1)N1CCC(OCCCOC)CC1.I. The van der Waals surface area contributed by atoms with E-state index in [1.165, 1.54) is 0 Å². The Morgan fingerprint density at radius 1 is 1.21 bits per heavy atom. The van der Waals surface area contributed by atoms with E-state index in [0.29, 0.717) is 11.4 Å². The number of benzene rings is 1. The Morgan fingerprint density at radius 3 is 2.50 bits per heavy atom. The summed E-state index contributed by atoms with van der Waals surface area (Å²) in [6, 6.07) is 8.54. The molecule has 2 rings (SSSR count). The lowest BCUT2D eigenvalue weighted by molar-refractivity contribution is 0.00993. The molecule has 0 bridgehead atoms. The third kappa shape index (κ3) is 8.22. The average molecular weight is 525 g/mol. The Morgan fingerprint density at radius 2 is 1.89 bits per heavy atom. The molecule has 1 N–H and O–H groups in total. The zero-order chi connectivity index (χ0) is 19.5. The van der Waals surface area contributed by atoms with Crippen LogP contribution in [0.15, 0.2) is 40.2 Å². The van der Waals surface area contributed by atoms with Crippen LogP contribution in [-0.2, 0) is 19.3 Å². The number of ether oxygens (including phenoxy) is 2. The Labute approximate surface area is 185 Å². The van der Waals surface area contributed by atoms with Crippen LogP contribution >= 0.6 is 24.0 Å². The minimum atomic E-state index is -3.29. The van der Waals surface area contributed by atoms with Gasteiger partial charge in [0.2, 0.25) is 0 Å². The van der Waals surface area contributed by atoms with Gasteiger partial charge in [-0.05, 0) is 31.4 Å². The Kier molecular flexibility index (Phi) is 12.0. The minimum Gasteiger partial charge on any atom is -0.385 e. The molecule has 1 aromatic rings. The van der Waals surface area contributed by atoms with Crippen LogP contribution in [0.25, 0.3) is 0 Å². The van der Waals surface area contributed by atoms with Crippen molar-refractivity contribution in [3.05, 3.63) is 30.3 Å². The van der Waals surface area contributed by atoms with Crippen molar-refractivity contribution >= 4 is 39.8 Å². The molecule has 1 fully saturated rings. The van der Waals surface area contributed by atoms with E-state index in [-0.39, 0.29) is 35.8 Å². The molecule has 0 atom stereocenters. The molecule has 160 valence electrons. The van der Waals surface area contributed by atoms with Crippen molar-refractivity contribution in [2.24, 2.45) is 4.99 Å². The molecule has 0 unspecified atom stereocenters. The molecule has 28 heavy (non-hydrogen) atoms. The summed E-state index contributed by atoms with van der Waals surface area (Å²) in [5.41, 5.74) is 0. The number of nitrogens with zero attached hydrogens (tertiary/aromatic N) is 2. The molecule has 0 amide bonds. The van der Waals surface area contributed by atoms with Gasteiger partial charge in [0, 0.05) is 47.0 Å². The second-order valence-electron chi connectivity index (χ2n) is 6.51. The molecular weight excluding hydrogens is 493 g/mol. The summed E-state index contributed by atoms with van der Waals surface area (Å²) in [5.74, 6) is 0.783. The average Bonchev–Trinajstić information content (AvgIpc) is 2.70. The van der Waals surface area contributed by atoms with E-state index in [4.69, 9.17) is 9.47 Å². The van der Waals surface area contributed by atoms with Crippen LogP contribution in [0.3, 0.4) is 0 Å². The van der Waals surface area contributed by atoms with Crippen molar-refractivity contribution in [3.63, 3.8) is 0 Å². The highest BCUT2D eigenvalue weighted by Gasteiger charge is 2.22. The van der Waals surface area contributed by atoms with E-state index in [2.05, 4.69) is 15.2 Å². The van der Waals surface area contributed by atoms with Crippen molar-refractivity contribution in [1.82, 2.24) is 10.2 Å². The number of likely N-dealkylation sites (tertiary alicyclic amines) is 1. The van der Waals surface area contributed by atoms with Gasteiger partial charge >= 0.3 is 0 Å². The Balaban J connectivity index is 0.00000392. The van der Waals surface area contributed by atoms with E-state index < -0.39 is 9.84 Å². The first-order chi connectivity index (χ1) is 13.1. The maximum absolute atomic E-state index is 12.3. The van der Waals surface area contributed by atoms with Gasteiger partial charge in [-0.1, -0.05) is 18.2 Å². The second-order valence-corrected chi connectivity index (χ2v) is 8.62. The quantitative estimate of drug-likeness (QED) is 0.231. The number of guanidine groups is 1. The molecule has 0 aromatic heterocycles. The van der Waals surface area contributed by atoms with E-state index in [1.54, 1.807) is 38.4 Å². The fraction of sp³-hybridized carbons (Fsp3) is 0.632. The number of aliphatic imine (C=N–C) groups is 1. The van der Waals surface area contributed by atoms with Gasteiger partial charge in [-0.3, -0.25) is 4.99 Å². The lowest BCUT2D eigenvalue weighted by atomic mass is 10.1. The van der Waals surface area contributed by atoms with E-state index in [1.807, 2.05) is 6.07 Å². The van der Waals surface area contributed by atoms with Crippen LogP contribution in [0, 0.1) is 0 Å². The summed E-state index contributed by atoms with van der Waals surface area (Å²) in [7, 11) is 0.135. The van der Waals surface area contributed by atoms with Crippen LogP contribution in [0.5, 0.6) is 0 Å². The molecular formula is C19H32IN3O4S. The predicted molar refractivity (Wildman–Crippen MR) is 122 cm³/mol. The molecule has 7 nitrogen and oxygen atoms in total. The van der Waals surface area contributed by atoms with Gasteiger partial charge in [0.15, 0.2) is 15.8 Å².